The maximum absolute atomic E-state index is 13.6. The molecule has 2 N–H and O–H groups in total. The molecule has 0 spiro atoms. The minimum absolute atomic E-state index is 0.0214. The largest absolute Gasteiger partial charge is 0.495 e. The Morgan fingerprint density at radius 2 is 1.66 bits per heavy atom. The number of halogens is 1. The van der Waals surface area contributed by atoms with Crippen LogP contribution in [0.4, 0.5) is 15.8 Å². The van der Waals surface area contributed by atoms with Crippen molar-refractivity contribution < 1.29 is 27.1 Å². The average Bonchev–Trinajstić information content (AvgIpc) is 2.76. The van der Waals surface area contributed by atoms with E-state index in [0.29, 0.717) is 22.7 Å². The van der Waals surface area contributed by atoms with Gasteiger partial charge in [0.15, 0.2) is 11.6 Å². The lowest BCUT2D eigenvalue weighted by Crippen LogP contribution is -2.17. The quantitative estimate of drug-likeness (QED) is 0.497. The van der Waals surface area contributed by atoms with E-state index in [4.69, 9.17) is 9.47 Å². The molecule has 0 heterocycles. The van der Waals surface area contributed by atoms with E-state index in [9.17, 15) is 17.6 Å². The molecule has 0 unspecified atom stereocenters. The van der Waals surface area contributed by atoms with Gasteiger partial charge in [-0.1, -0.05) is 30.3 Å². The van der Waals surface area contributed by atoms with E-state index in [1.807, 2.05) is 0 Å². The molecular formula is C23H23FN2O5S. The number of benzene rings is 3. The van der Waals surface area contributed by atoms with Gasteiger partial charge < -0.3 is 14.8 Å². The van der Waals surface area contributed by atoms with Crippen molar-refractivity contribution in [2.24, 2.45) is 0 Å². The SMILES string of the molecule is COc1ccccc1NS(=O)(=O)c1ccc(C)c(NC(=O)CCOc2ccccc2F)c1. The molecule has 7 nitrogen and oxygen atoms in total. The zero-order valence-corrected chi connectivity index (χ0v) is 18.4. The highest BCUT2D eigenvalue weighted by atomic mass is 32.2. The number of sulfonamides is 1. The summed E-state index contributed by atoms with van der Waals surface area (Å²) in [7, 11) is -2.48. The third kappa shape index (κ3) is 5.76. The highest BCUT2D eigenvalue weighted by Crippen LogP contribution is 2.28. The molecule has 32 heavy (non-hydrogen) atoms. The molecule has 0 saturated carbocycles. The Balaban J connectivity index is 1.68. The molecule has 3 aromatic carbocycles. The Hall–Kier alpha value is -3.59. The topological polar surface area (TPSA) is 93.7 Å². The molecular weight excluding hydrogens is 435 g/mol. The lowest BCUT2D eigenvalue weighted by Gasteiger charge is -2.14. The van der Waals surface area contributed by atoms with Crippen LogP contribution in [0.25, 0.3) is 0 Å². The molecule has 168 valence electrons. The van der Waals surface area contributed by atoms with Gasteiger partial charge in [0, 0.05) is 5.69 Å². The second kappa shape index (κ2) is 10.1. The zero-order chi connectivity index (χ0) is 23.1. The van der Waals surface area contributed by atoms with Gasteiger partial charge >= 0.3 is 0 Å². The second-order valence-electron chi connectivity index (χ2n) is 6.86. The fourth-order valence-corrected chi connectivity index (χ4v) is 3.96. The van der Waals surface area contributed by atoms with Crippen LogP contribution in [0.5, 0.6) is 11.5 Å². The summed E-state index contributed by atoms with van der Waals surface area (Å²) in [6.45, 7) is 1.72. The first kappa shape index (κ1) is 23.1. The number of ether oxygens (including phenoxy) is 2. The average molecular weight is 459 g/mol. The van der Waals surface area contributed by atoms with Crippen LogP contribution >= 0.6 is 0 Å². The van der Waals surface area contributed by atoms with Crippen molar-refractivity contribution in [1.29, 1.82) is 0 Å². The third-order valence-corrected chi connectivity index (χ3v) is 5.93. The molecule has 3 rings (SSSR count). The van der Waals surface area contributed by atoms with Gasteiger partial charge in [0.25, 0.3) is 10.0 Å². The summed E-state index contributed by atoms with van der Waals surface area (Å²) in [5.41, 5.74) is 1.33. The van der Waals surface area contributed by atoms with Crippen LogP contribution in [0, 0.1) is 12.7 Å². The van der Waals surface area contributed by atoms with E-state index in [1.54, 1.807) is 49.4 Å². The number of methoxy groups -OCH3 is 1. The van der Waals surface area contributed by atoms with Gasteiger partial charge in [-0.2, -0.15) is 0 Å². The molecule has 0 atom stereocenters. The van der Waals surface area contributed by atoms with Crippen molar-refractivity contribution in [3.63, 3.8) is 0 Å². The van der Waals surface area contributed by atoms with Crippen LogP contribution in [0.3, 0.4) is 0 Å². The number of anilines is 2. The van der Waals surface area contributed by atoms with Gasteiger partial charge in [-0.15, -0.1) is 0 Å². The van der Waals surface area contributed by atoms with Crippen molar-refractivity contribution in [1.82, 2.24) is 0 Å². The lowest BCUT2D eigenvalue weighted by molar-refractivity contribution is -0.116. The predicted molar refractivity (Wildman–Crippen MR) is 120 cm³/mol. The number of amides is 1. The van der Waals surface area contributed by atoms with E-state index in [1.165, 1.54) is 31.4 Å². The number of para-hydroxylation sites is 3. The number of hydrogen-bond donors (Lipinski definition) is 2. The number of aryl methyl sites for hydroxylation is 1. The smallest absolute Gasteiger partial charge is 0.262 e. The number of hydrogen-bond acceptors (Lipinski definition) is 5. The number of nitrogens with one attached hydrogen (secondary N) is 2. The summed E-state index contributed by atoms with van der Waals surface area (Å²) in [4.78, 5) is 12.3. The van der Waals surface area contributed by atoms with Crippen molar-refractivity contribution in [2.45, 2.75) is 18.2 Å². The van der Waals surface area contributed by atoms with Crippen molar-refractivity contribution >= 4 is 27.3 Å². The van der Waals surface area contributed by atoms with E-state index < -0.39 is 21.7 Å². The Morgan fingerprint density at radius 3 is 2.38 bits per heavy atom. The highest BCUT2D eigenvalue weighted by molar-refractivity contribution is 7.92. The zero-order valence-electron chi connectivity index (χ0n) is 17.6. The van der Waals surface area contributed by atoms with E-state index in [0.717, 1.165) is 0 Å². The van der Waals surface area contributed by atoms with Gasteiger partial charge in [0.1, 0.15) is 5.75 Å². The molecule has 0 radical (unpaired) electrons. The van der Waals surface area contributed by atoms with E-state index >= 15 is 0 Å². The molecule has 0 aliphatic rings. The molecule has 0 aromatic heterocycles. The van der Waals surface area contributed by atoms with Crippen LogP contribution in [-0.4, -0.2) is 28.0 Å². The first-order valence-corrected chi connectivity index (χ1v) is 11.2. The van der Waals surface area contributed by atoms with Crippen molar-refractivity contribution in [2.75, 3.05) is 23.8 Å². The molecule has 0 bridgehead atoms. The van der Waals surface area contributed by atoms with Gasteiger partial charge in [-0.05, 0) is 48.9 Å². The van der Waals surface area contributed by atoms with E-state index in [-0.39, 0.29) is 23.7 Å². The maximum atomic E-state index is 13.6. The molecule has 9 heteroatoms. The van der Waals surface area contributed by atoms with Crippen molar-refractivity contribution in [3.05, 3.63) is 78.1 Å². The summed E-state index contributed by atoms with van der Waals surface area (Å²) >= 11 is 0. The molecule has 0 saturated heterocycles. The third-order valence-electron chi connectivity index (χ3n) is 4.57. The standard InChI is InChI=1S/C23H23FN2O5S/c1-16-11-12-17(32(28,29)26-19-8-4-6-10-22(19)30-2)15-20(16)25-23(27)13-14-31-21-9-5-3-7-18(21)24/h3-12,15,26H,13-14H2,1-2H3,(H,25,27). The monoisotopic (exact) mass is 458 g/mol. The van der Waals surface area contributed by atoms with Crippen LogP contribution in [0.2, 0.25) is 0 Å². The summed E-state index contributed by atoms with van der Waals surface area (Å²) in [5, 5.41) is 2.68. The van der Waals surface area contributed by atoms with Gasteiger partial charge in [0.2, 0.25) is 5.91 Å². The van der Waals surface area contributed by atoms with Crippen LogP contribution in [-0.2, 0) is 14.8 Å². The maximum Gasteiger partial charge on any atom is 0.262 e. The summed E-state index contributed by atoms with van der Waals surface area (Å²) in [6.07, 6.45) is -0.0375. The Labute approximate surface area is 186 Å². The molecule has 0 fully saturated rings. The Kier molecular flexibility index (Phi) is 7.32. The normalized spacial score (nSPS) is 11.0. The van der Waals surface area contributed by atoms with Crippen LogP contribution in [0.1, 0.15) is 12.0 Å². The first-order chi connectivity index (χ1) is 15.3. The Bertz CT molecular complexity index is 1210. The molecule has 0 aliphatic heterocycles. The summed E-state index contributed by atoms with van der Waals surface area (Å²) < 4.78 is 52.2. The van der Waals surface area contributed by atoms with Crippen LogP contribution < -0.4 is 19.5 Å². The van der Waals surface area contributed by atoms with E-state index in [2.05, 4.69) is 10.0 Å². The minimum atomic E-state index is -3.93. The fraction of sp³-hybridized carbons (Fsp3) is 0.174. The number of carbonyl (C=O) groups is 1. The fourth-order valence-electron chi connectivity index (χ4n) is 2.86. The summed E-state index contributed by atoms with van der Waals surface area (Å²) in [6, 6.07) is 17.0. The van der Waals surface area contributed by atoms with Gasteiger partial charge in [-0.25, -0.2) is 12.8 Å². The Morgan fingerprint density at radius 1 is 0.969 bits per heavy atom. The molecule has 0 aliphatic carbocycles. The molecule has 3 aromatic rings. The van der Waals surface area contributed by atoms with Crippen molar-refractivity contribution in [3.8, 4) is 11.5 Å². The second-order valence-corrected chi connectivity index (χ2v) is 8.54. The van der Waals surface area contributed by atoms with Gasteiger partial charge in [-0.3, -0.25) is 9.52 Å². The van der Waals surface area contributed by atoms with Crippen LogP contribution in [0.15, 0.2) is 71.6 Å². The number of carbonyl (C=O) groups excluding carboxylic acids is 1. The number of rotatable bonds is 9. The summed E-state index contributed by atoms with van der Waals surface area (Å²) in [5.74, 6) is -0.459. The predicted octanol–water partition coefficient (Wildman–Crippen LogP) is 4.35. The minimum Gasteiger partial charge on any atom is -0.495 e. The first-order valence-electron chi connectivity index (χ1n) is 9.74. The lowest BCUT2D eigenvalue weighted by atomic mass is 10.2. The molecule has 1 amide bonds. The highest BCUT2D eigenvalue weighted by Gasteiger charge is 2.18. The van der Waals surface area contributed by atoms with Gasteiger partial charge in [0.05, 0.1) is 30.7 Å².